The summed E-state index contributed by atoms with van der Waals surface area (Å²) in [7, 11) is 0. The molecule has 2 rings (SSSR count). The van der Waals surface area contributed by atoms with E-state index in [1.165, 1.54) is 5.56 Å². The molecule has 2 N–H and O–H groups in total. The molecule has 126 valence electrons. The van der Waals surface area contributed by atoms with Crippen molar-refractivity contribution in [1.29, 1.82) is 0 Å². The number of hydrogen-bond acceptors (Lipinski definition) is 5. The molecule has 0 aliphatic carbocycles. The molecule has 1 amide bonds. The van der Waals surface area contributed by atoms with Gasteiger partial charge in [-0.15, -0.1) is 11.3 Å². The van der Waals surface area contributed by atoms with Crippen molar-refractivity contribution >= 4 is 33.3 Å². The highest BCUT2D eigenvalue weighted by molar-refractivity contribution is 7.17. The van der Waals surface area contributed by atoms with Gasteiger partial charge in [0.15, 0.2) is 0 Å². The normalized spacial score (nSPS) is 11.4. The van der Waals surface area contributed by atoms with Gasteiger partial charge in [0.05, 0.1) is 5.39 Å². The largest absolute Gasteiger partial charge is 0.369 e. The standard InChI is InChI=1S/C17H26N4OS/c1-10(2)8-13-9-23-17-15(13)16(20-12(5)21-17)18-7-6-14(22)19-11(3)4/h9-11H,6-8H2,1-5H3,(H,19,22)(H,18,20,21). The zero-order valence-electron chi connectivity index (χ0n) is 14.6. The molecule has 0 atom stereocenters. The fourth-order valence-electron chi connectivity index (χ4n) is 2.51. The quantitative estimate of drug-likeness (QED) is 0.813. The molecule has 2 aromatic rings. The maximum absolute atomic E-state index is 11.8. The van der Waals surface area contributed by atoms with E-state index in [0.29, 0.717) is 18.9 Å². The Morgan fingerprint density at radius 3 is 2.65 bits per heavy atom. The Hall–Kier alpha value is -1.69. The van der Waals surface area contributed by atoms with Gasteiger partial charge < -0.3 is 10.6 Å². The predicted molar refractivity (Wildman–Crippen MR) is 97.1 cm³/mol. The Kier molecular flexibility index (Phi) is 5.93. The van der Waals surface area contributed by atoms with E-state index in [1.807, 2.05) is 20.8 Å². The Morgan fingerprint density at radius 1 is 1.26 bits per heavy atom. The number of carbonyl (C=O) groups is 1. The molecule has 0 spiro atoms. The molecule has 0 aromatic carbocycles. The van der Waals surface area contributed by atoms with Gasteiger partial charge in [-0.3, -0.25) is 4.79 Å². The molecule has 0 bridgehead atoms. The van der Waals surface area contributed by atoms with E-state index in [0.717, 1.165) is 28.3 Å². The highest BCUT2D eigenvalue weighted by Crippen LogP contribution is 2.31. The van der Waals surface area contributed by atoms with E-state index in [9.17, 15) is 4.79 Å². The van der Waals surface area contributed by atoms with Crippen molar-refractivity contribution in [2.75, 3.05) is 11.9 Å². The topological polar surface area (TPSA) is 66.9 Å². The second-order valence-corrected chi connectivity index (χ2v) is 7.42. The molecule has 0 saturated heterocycles. The van der Waals surface area contributed by atoms with Crippen molar-refractivity contribution in [3.05, 3.63) is 16.8 Å². The molecule has 5 nitrogen and oxygen atoms in total. The van der Waals surface area contributed by atoms with E-state index >= 15 is 0 Å². The van der Waals surface area contributed by atoms with Crippen LogP contribution in [-0.2, 0) is 11.2 Å². The van der Waals surface area contributed by atoms with Crippen LogP contribution in [0, 0.1) is 12.8 Å². The first kappa shape index (κ1) is 17.7. The van der Waals surface area contributed by atoms with Crippen LogP contribution < -0.4 is 10.6 Å². The van der Waals surface area contributed by atoms with Gasteiger partial charge in [0, 0.05) is 19.0 Å². The Morgan fingerprint density at radius 2 is 2.00 bits per heavy atom. The second kappa shape index (κ2) is 7.73. The molecule has 2 heterocycles. The maximum atomic E-state index is 11.8. The Labute approximate surface area is 141 Å². The number of thiophene rings is 1. The van der Waals surface area contributed by atoms with Gasteiger partial charge >= 0.3 is 0 Å². The van der Waals surface area contributed by atoms with Crippen molar-refractivity contribution in [3.8, 4) is 0 Å². The Bertz CT molecular complexity index is 679. The minimum atomic E-state index is 0.0576. The smallest absolute Gasteiger partial charge is 0.221 e. The second-order valence-electron chi connectivity index (χ2n) is 6.56. The average molecular weight is 334 g/mol. The first-order chi connectivity index (χ1) is 10.9. The van der Waals surface area contributed by atoms with Crippen molar-refractivity contribution in [2.45, 2.75) is 53.5 Å². The van der Waals surface area contributed by atoms with Gasteiger partial charge in [0.25, 0.3) is 0 Å². The zero-order chi connectivity index (χ0) is 17.0. The summed E-state index contributed by atoms with van der Waals surface area (Å²) in [5.41, 5.74) is 1.29. The minimum Gasteiger partial charge on any atom is -0.369 e. The SMILES string of the molecule is Cc1nc(NCCC(=O)NC(C)C)c2c(CC(C)C)csc2n1. The van der Waals surface area contributed by atoms with Crippen molar-refractivity contribution in [2.24, 2.45) is 5.92 Å². The van der Waals surface area contributed by atoms with Gasteiger partial charge in [-0.2, -0.15) is 0 Å². The van der Waals surface area contributed by atoms with Crippen molar-refractivity contribution < 1.29 is 4.79 Å². The average Bonchev–Trinajstić information content (AvgIpc) is 2.79. The number of aromatic nitrogens is 2. The number of fused-ring (bicyclic) bond motifs is 1. The third kappa shape index (κ3) is 4.89. The van der Waals surface area contributed by atoms with Gasteiger partial charge in [-0.1, -0.05) is 13.8 Å². The molecule has 0 fully saturated rings. The highest BCUT2D eigenvalue weighted by Gasteiger charge is 2.14. The van der Waals surface area contributed by atoms with Crippen LogP contribution in [0.1, 0.15) is 45.5 Å². The molecular weight excluding hydrogens is 308 g/mol. The van der Waals surface area contributed by atoms with Crippen LogP contribution in [0.2, 0.25) is 0 Å². The number of carbonyl (C=O) groups excluding carboxylic acids is 1. The molecule has 0 radical (unpaired) electrons. The summed E-state index contributed by atoms with van der Waals surface area (Å²) in [4.78, 5) is 21.9. The fourth-order valence-corrected chi connectivity index (χ4v) is 3.51. The van der Waals surface area contributed by atoms with E-state index in [1.54, 1.807) is 11.3 Å². The summed E-state index contributed by atoms with van der Waals surface area (Å²) in [6, 6.07) is 0.171. The monoisotopic (exact) mass is 334 g/mol. The molecule has 6 heteroatoms. The number of nitrogens with zero attached hydrogens (tertiary/aromatic N) is 2. The summed E-state index contributed by atoms with van der Waals surface area (Å²) in [5.74, 6) is 2.24. The predicted octanol–water partition coefficient (Wildman–Crippen LogP) is 3.52. The van der Waals surface area contributed by atoms with E-state index < -0.39 is 0 Å². The first-order valence-corrected chi connectivity index (χ1v) is 9.02. The summed E-state index contributed by atoms with van der Waals surface area (Å²) in [5, 5.41) is 9.51. The number of amides is 1. The Balaban J connectivity index is 2.15. The van der Waals surface area contributed by atoms with Crippen LogP contribution in [0.5, 0.6) is 0 Å². The van der Waals surface area contributed by atoms with Gasteiger partial charge in [0.2, 0.25) is 5.91 Å². The fraction of sp³-hybridized carbons (Fsp3) is 0.588. The number of hydrogen-bond donors (Lipinski definition) is 2. The molecule has 0 aliphatic rings. The van der Waals surface area contributed by atoms with E-state index in [4.69, 9.17) is 0 Å². The zero-order valence-corrected chi connectivity index (χ0v) is 15.4. The summed E-state index contributed by atoms with van der Waals surface area (Å²) in [6.45, 7) is 10.8. The first-order valence-electron chi connectivity index (χ1n) is 8.14. The third-order valence-corrected chi connectivity index (χ3v) is 4.26. The molecule has 0 aliphatic heterocycles. The van der Waals surface area contributed by atoms with Gasteiger partial charge in [-0.05, 0) is 44.1 Å². The van der Waals surface area contributed by atoms with Crippen molar-refractivity contribution in [1.82, 2.24) is 15.3 Å². The molecule has 0 unspecified atom stereocenters. The van der Waals surface area contributed by atoms with Crippen LogP contribution in [0.3, 0.4) is 0 Å². The molecular formula is C17H26N4OS. The maximum Gasteiger partial charge on any atom is 0.221 e. The van der Waals surface area contributed by atoms with Crippen molar-refractivity contribution in [3.63, 3.8) is 0 Å². The lowest BCUT2D eigenvalue weighted by molar-refractivity contribution is -0.121. The lowest BCUT2D eigenvalue weighted by atomic mass is 10.0. The lowest BCUT2D eigenvalue weighted by Gasteiger charge is -2.11. The van der Waals surface area contributed by atoms with E-state index in [2.05, 4.69) is 39.8 Å². The van der Waals surface area contributed by atoms with Crippen LogP contribution in [0.15, 0.2) is 5.38 Å². The van der Waals surface area contributed by atoms with E-state index in [-0.39, 0.29) is 11.9 Å². The number of nitrogens with one attached hydrogen (secondary N) is 2. The highest BCUT2D eigenvalue weighted by atomic mass is 32.1. The van der Waals surface area contributed by atoms with Crippen LogP contribution in [0.4, 0.5) is 5.82 Å². The van der Waals surface area contributed by atoms with Crippen LogP contribution >= 0.6 is 11.3 Å². The summed E-state index contributed by atoms with van der Waals surface area (Å²) >= 11 is 1.66. The third-order valence-electron chi connectivity index (χ3n) is 3.34. The van der Waals surface area contributed by atoms with Gasteiger partial charge in [-0.25, -0.2) is 9.97 Å². The van der Waals surface area contributed by atoms with Crippen LogP contribution in [-0.4, -0.2) is 28.5 Å². The lowest BCUT2D eigenvalue weighted by Crippen LogP contribution is -2.31. The summed E-state index contributed by atoms with van der Waals surface area (Å²) < 4.78 is 0. The number of aryl methyl sites for hydroxylation is 1. The minimum absolute atomic E-state index is 0.0576. The molecule has 2 aromatic heterocycles. The van der Waals surface area contributed by atoms with Gasteiger partial charge in [0.1, 0.15) is 16.5 Å². The van der Waals surface area contributed by atoms with Crippen LogP contribution in [0.25, 0.3) is 10.2 Å². The molecule has 0 saturated carbocycles. The summed E-state index contributed by atoms with van der Waals surface area (Å²) in [6.07, 6.45) is 1.45. The molecule has 23 heavy (non-hydrogen) atoms. The number of anilines is 1. The number of rotatable bonds is 7.